The highest BCUT2D eigenvalue weighted by atomic mass is 32.2. The molecule has 0 aliphatic carbocycles. The molecular weight excluding hydrogens is 278 g/mol. The largest absolute Gasteiger partial charge is 0.325 e. The van der Waals surface area contributed by atoms with E-state index in [-0.39, 0.29) is 16.2 Å². The molecule has 1 amide bonds. The molecule has 0 aliphatic heterocycles. The van der Waals surface area contributed by atoms with E-state index >= 15 is 0 Å². The third-order valence-electron chi connectivity index (χ3n) is 2.90. The van der Waals surface area contributed by atoms with Gasteiger partial charge in [0.2, 0.25) is 15.9 Å². The van der Waals surface area contributed by atoms with Gasteiger partial charge in [0.15, 0.2) is 0 Å². The number of nitrogens with two attached hydrogens (primary N) is 1. The predicted octanol–water partition coefficient (Wildman–Crippen LogP) is 0.907. The van der Waals surface area contributed by atoms with E-state index in [1.54, 1.807) is 12.1 Å². The number of anilines is 1. The van der Waals surface area contributed by atoms with Crippen LogP contribution in [-0.4, -0.2) is 27.4 Å². The van der Waals surface area contributed by atoms with Gasteiger partial charge in [0, 0.05) is 5.69 Å². The van der Waals surface area contributed by atoms with Crippen LogP contribution in [0, 0.1) is 5.41 Å². The first-order valence-electron chi connectivity index (χ1n) is 6.18. The first-order chi connectivity index (χ1) is 9.08. The molecule has 0 saturated heterocycles. The van der Waals surface area contributed by atoms with Gasteiger partial charge < -0.3 is 11.1 Å². The molecule has 1 aromatic carbocycles. The van der Waals surface area contributed by atoms with Gasteiger partial charge in [0.05, 0.1) is 10.9 Å². The summed E-state index contributed by atoms with van der Waals surface area (Å²) < 4.78 is 25.6. The Kier molecular flexibility index (Phi) is 4.90. The quantitative estimate of drug-likeness (QED) is 0.769. The lowest BCUT2D eigenvalue weighted by Gasteiger charge is -2.25. The monoisotopic (exact) mass is 299 g/mol. The second-order valence-electron chi connectivity index (χ2n) is 5.57. The molecule has 0 radical (unpaired) electrons. The van der Waals surface area contributed by atoms with Crippen LogP contribution in [0.3, 0.4) is 0 Å². The maximum atomic E-state index is 12.0. The SMILES string of the molecule is CNS(=O)(=O)c1cccc(NC(=O)[C@@H](N)C(C)(C)C)c1. The standard InChI is InChI=1S/C13H21N3O3S/c1-13(2,3)11(14)12(17)16-9-6-5-7-10(8-9)20(18,19)15-4/h5-8,11,15H,14H2,1-4H3,(H,16,17)/t11-/m1/s1. The molecule has 1 atom stereocenters. The summed E-state index contributed by atoms with van der Waals surface area (Å²) in [6.45, 7) is 5.58. The average molecular weight is 299 g/mol. The van der Waals surface area contributed by atoms with Crippen molar-refractivity contribution in [1.29, 1.82) is 0 Å². The van der Waals surface area contributed by atoms with Crippen LogP contribution in [-0.2, 0) is 14.8 Å². The number of rotatable bonds is 4. The highest BCUT2D eigenvalue weighted by Crippen LogP contribution is 2.20. The Hall–Kier alpha value is -1.44. The number of carbonyl (C=O) groups excluding carboxylic acids is 1. The number of hydrogen-bond donors (Lipinski definition) is 3. The number of nitrogens with one attached hydrogen (secondary N) is 2. The van der Waals surface area contributed by atoms with E-state index in [2.05, 4.69) is 10.0 Å². The number of amides is 1. The summed E-state index contributed by atoms with van der Waals surface area (Å²) >= 11 is 0. The zero-order valence-electron chi connectivity index (χ0n) is 12.1. The summed E-state index contributed by atoms with van der Waals surface area (Å²) in [5, 5.41) is 2.63. The lowest BCUT2D eigenvalue weighted by atomic mass is 9.87. The molecular formula is C13H21N3O3S. The molecule has 0 saturated carbocycles. The minimum atomic E-state index is -3.54. The van der Waals surface area contributed by atoms with Gasteiger partial charge >= 0.3 is 0 Å². The first kappa shape index (κ1) is 16.6. The summed E-state index contributed by atoms with van der Waals surface area (Å²) in [6, 6.07) is 5.32. The lowest BCUT2D eigenvalue weighted by Crippen LogP contribution is -2.45. The van der Waals surface area contributed by atoms with E-state index in [4.69, 9.17) is 5.73 Å². The number of benzene rings is 1. The van der Waals surface area contributed by atoms with Gasteiger partial charge in [-0.3, -0.25) is 4.79 Å². The minimum absolute atomic E-state index is 0.0853. The van der Waals surface area contributed by atoms with Crippen molar-refractivity contribution in [2.75, 3.05) is 12.4 Å². The molecule has 0 bridgehead atoms. The van der Waals surface area contributed by atoms with Crippen LogP contribution in [0.2, 0.25) is 0 Å². The molecule has 0 heterocycles. The van der Waals surface area contributed by atoms with Crippen molar-refractivity contribution in [1.82, 2.24) is 4.72 Å². The van der Waals surface area contributed by atoms with E-state index in [0.29, 0.717) is 5.69 Å². The van der Waals surface area contributed by atoms with Crippen molar-refractivity contribution in [3.05, 3.63) is 24.3 Å². The molecule has 112 valence electrons. The van der Waals surface area contributed by atoms with Gasteiger partial charge in [-0.1, -0.05) is 26.8 Å². The van der Waals surface area contributed by atoms with Gasteiger partial charge in [-0.2, -0.15) is 0 Å². The zero-order valence-corrected chi connectivity index (χ0v) is 12.9. The Morgan fingerprint density at radius 3 is 2.40 bits per heavy atom. The normalized spacial score (nSPS) is 13.8. The van der Waals surface area contributed by atoms with Crippen LogP contribution in [0.4, 0.5) is 5.69 Å². The highest BCUT2D eigenvalue weighted by Gasteiger charge is 2.27. The number of sulfonamides is 1. The van der Waals surface area contributed by atoms with E-state index in [1.165, 1.54) is 19.2 Å². The minimum Gasteiger partial charge on any atom is -0.325 e. The maximum absolute atomic E-state index is 12.0. The summed E-state index contributed by atoms with van der Waals surface area (Å²) in [5.41, 5.74) is 5.87. The van der Waals surface area contributed by atoms with Crippen LogP contribution >= 0.6 is 0 Å². The van der Waals surface area contributed by atoms with Gasteiger partial charge in [-0.15, -0.1) is 0 Å². The first-order valence-corrected chi connectivity index (χ1v) is 7.66. The van der Waals surface area contributed by atoms with Gasteiger partial charge in [0.1, 0.15) is 0 Å². The molecule has 0 aliphatic rings. The summed E-state index contributed by atoms with van der Waals surface area (Å²) in [4.78, 5) is 12.1. The lowest BCUT2D eigenvalue weighted by molar-refractivity contribution is -0.119. The zero-order chi connectivity index (χ0) is 15.6. The Balaban J connectivity index is 2.96. The second kappa shape index (κ2) is 5.90. The highest BCUT2D eigenvalue weighted by molar-refractivity contribution is 7.89. The Morgan fingerprint density at radius 2 is 1.90 bits per heavy atom. The molecule has 1 rings (SSSR count). The van der Waals surface area contributed by atoms with E-state index < -0.39 is 16.1 Å². The summed E-state index contributed by atoms with van der Waals surface area (Å²) in [5.74, 6) is -0.350. The Labute approximate surface area is 119 Å². The third kappa shape index (κ3) is 4.03. The summed E-state index contributed by atoms with van der Waals surface area (Å²) in [7, 11) is -2.21. The van der Waals surface area contributed by atoms with Crippen LogP contribution in [0.5, 0.6) is 0 Å². The van der Waals surface area contributed by atoms with Gasteiger partial charge in [-0.05, 0) is 30.7 Å². The molecule has 0 aromatic heterocycles. The van der Waals surface area contributed by atoms with Crippen LogP contribution in [0.15, 0.2) is 29.2 Å². The van der Waals surface area contributed by atoms with E-state index in [0.717, 1.165) is 0 Å². The second-order valence-corrected chi connectivity index (χ2v) is 7.45. The molecule has 6 nitrogen and oxygen atoms in total. The molecule has 0 spiro atoms. The van der Waals surface area contributed by atoms with Crippen molar-refractivity contribution in [2.24, 2.45) is 11.1 Å². The molecule has 20 heavy (non-hydrogen) atoms. The fourth-order valence-electron chi connectivity index (χ4n) is 1.47. The van der Waals surface area contributed by atoms with Gasteiger partial charge in [-0.25, -0.2) is 13.1 Å². The van der Waals surface area contributed by atoms with Crippen LogP contribution < -0.4 is 15.8 Å². The fraction of sp³-hybridized carbons (Fsp3) is 0.462. The molecule has 1 aromatic rings. The molecule has 0 unspecified atom stereocenters. The predicted molar refractivity (Wildman–Crippen MR) is 78.7 cm³/mol. The van der Waals surface area contributed by atoms with Crippen molar-refractivity contribution in [3.8, 4) is 0 Å². The van der Waals surface area contributed by atoms with Crippen LogP contribution in [0.1, 0.15) is 20.8 Å². The number of hydrogen-bond acceptors (Lipinski definition) is 4. The average Bonchev–Trinajstić information content (AvgIpc) is 2.37. The van der Waals surface area contributed by atoms with Crippen molar-refractivity contribution in [2.45, 2.75) is 31.7 Å². The van der Waals surface area contributed by atoms with Crippen molar-refractivity contribution in [3.63, 3.8) is 0 Å². The van der Waals surface area contributed by atoms with Crippen LogP contribution in [0.25, 0.3) is 0 Å². The summed E-state index contributed by atoms with van der Waals surface area (Å²) in [6.07, 6.45) is 0. The Morgan fingerprint density at radius 1 is 1.30 bits per heavy atom. The van der Waals surface area contributed by atoms with E-state index in [1.807, 2.05) is 20.8 Å². The third-order valence-corrected chi connectivity index (χ3v) is 4.31. The molecule has 4 N–H and O–H groups in total. The Bertz CT molecular complexity index is 591. The maximum Gasteiger partial charge on any atom is 0.241 e. The van der Waals surface area contributed by atoms with Gasteiger partial charge in [0.25, 0.3) is 0 Å². The van der Waals surface area contributed by atoms with E-state index in [9.17, 15) is 13.2 Å². The number of carbonyl (C=O) groups is 1. The topological polar surface area (TPSA) is 101 Å². The molecule has 0 fully saturated rings. The van der Waals surface area contributed by atoms with Crippen molar-refractivity contribution < 1.29 is 13.2 Å². The fourth-order valence-corrected chi connectivity index (χ4v) is 2.25. The van der Waals surface area contributed by atoms with Crippen molar-refractivity contribution >= 4 is 21.6 Å². The smallest absolute Gasteiger partial charge is 0.241 e. The molecule has 7 heteroatoms.